The van der Waals surface area contributed by atoms with Gasteiger partial charge in [-0.25, -0.2) is 8.42 Å². The fourth-order valence-corrected chi connectivity index (χ4v) is 5.18. The zero-order chi connectivity index (χ0) is 21.0. The molecule has 2 heterocycles. The third-order valence-corrected chi connectivity index (χ3v) is 7.06. The van der Waals surface area contributed by atoms with E-state index in [1.807, 2.05) is 6.92 Å². The minimum absolute atomic E-state index is 0.0879. The maximum absolute atomic E-state index is 13.0. The highest BCUT2D eigenvalue weighted by Gasteiger charge is 2.32. The number of nitrogens with zero attached hydrogens (tertiary/aromatic N) is 2. The normalized spacial score (nSPS) is 17.7. The van der Waals surface area contributed by atoms with Gasteiger partial charge >= 0.3 is 5.97 Å². The fraction of sp³-hybridized carbons (Fsp3) is 0.500. The Labute approximate surface area is 170 Å². The van der Waals surface area contributed by atoms with Gasteiger partial charge in [0.1, 0.15) is 0 Å². The van der Waals surface area contributed by atoms with Gasteiger partial charge < -0.3 is 10.5 Å². The number of carbonyl (C=O) groups excluding carboxylic acids is 1. The zero-order valence-corrected chi connectivity index (χ0v) is 17.4. The van der Waals surface area contributed by atoms with E-state index in [1.54, 1.807) is 18.2 Å². The number of pyridine rings is 1. The molecule has 0 spiro atoms. The number of benzene rings is 1. The molecule has 0 amide bonds. The van der Waals surface area contributed by atoms with Crippen LogP contribution in [0.1, 0.15) is 39.0 Å². The van der Waals surface area contributed by atoms with Crippen LogP contribution in [0.25, 0.3) is 10.8 Å². The maximum atomic E-state index is 13.0. The summed E-state index contributed by atoms with van der Waals surface area (Å²) in [6.07, 6.45) is 5.09. The Morgan fingerprint density at radius 1 is 1.24 bits per heavy atom. The summed E-state index contributed by atoms with van der Waals surface area (Å²) in [6.45, 7) is 2.49. The lowest BCUT2D eigenvalue weighted by Crippen LogP contribution is -2.32. The van der Waals surface area contributed by atoms with Gasteiger partial charge in [0, 0.05) is 42.5 Å². The number of rotatable bonds is 8. The first-order valence-corrected chi connectivity index (χ1v) is 11.3. The molecule has 2 N–H and O–H groups in total. The zero-order valence-electron chi connectivity index (χ0n) is 16.5. The molecular weight excluding hydrogens is 394 g/mol. The van der Waals surface area contributed by atoms with Crippen LogP contribution in [0, 0.1) is 0 Å². The summed E-state index contributed by atoms with van der Waals surface area (Å²) in [5.74, 6) is -0.354. The summed E-state index contributed by atoms with van der Waals surface area (Å²) in [5, 5.41) is 0.614. The van der Waals surface area contributed by atoms with Crippen molar-refractivity contribution in [2.24, 2.45) is 5.73 Å². The summed E-state index contributed by atoms with van der Waals surface area (Å²) in [7, 11) is -3.75. The van der Waals surface area contributed by atoms with Gasteiger partial charge in [0.25, 0.3) is 5.56 Å². The van der Waals surface area contributed by atoms with E-state index in [9.17, 15) is 18.0 Å². The lowest BCUT2D eigenvalue weighted by Gasteiger charge is -2.17. The quantitative estimate of drug-likeness (QED) is 0.514. The van der Waals surface area contributed by atoms with Crippen LogP contribution in [0.15, 0.2) is 40.2 Å². The van der Waals surface area contributed by atoms with Crippen LogP contribution >= 0.6 is 0 Å². The predicted octanol–water partition coefficient (Wildman–Crippen LogP) is 1.80. The van der Waals surface area contributed by atoms with Crippen LogP contribution in [0.3, 0.4) is 0 Å². The Balaban J connectivity index is 1.85. The molecule has 9 heteroatoms. The molecule has 158 valence electrons. The van der Waals surface area contributed by atoms with Crippen molar-refractivity contribution in [1.29, 1.82) is 0 Å². The Kier molecular flexibility index (Phi) is 6.71. The molecule has 1 aliphatic heterocycles. The molecule has 1 aliphatic rings. The Bertz CT molecular complexity index is 1050. The molecule has 1 saturated heterocycles. The molecule has 0 aliphatic carbocycles. The van der Waals surface area contributed by atoms with E-state index in [-0.39, 0.29) is 35.6 Å². The molecule has 0 radical (unpaired) electrons. The smallest absolute Gasteiger partial charge is 0.307 e. The highest BCUT2D eigenvalue weighted by atomic mass is 32.2. The fourth-order valence-electron chi connectivity index (χ4n) is 3.46. The van der Waals surface area contributed by atoms with Gasteiger partial charge in [-0.05, 0) is 31.0 Å². The number of unbranched alkanes of at least 4 members (excludes halogenated alkanes) is 2. The standard InChI is InChI=1S/C20H27N3O5S/c1-2-3-4-8-19(24)28-14-22-11-10-16-17(20(22)25)6-5-7-18(16)29(26,27)23-12-9-15(21)13-23/h5-7,10-11,15H,2-4,8-9,12-14,21H2,1H3/t15-/m1/s1. The van der Waals surface area contributed by atoms with Crippen molar-refractivity contribution in [2.75, 3.05) is 13.1 Å². The summed E-state index contributed by atoms with van der Waals surface area (Å²) in [6, 6.07) is 6.02. The summed E-state index contributed by atoms with van der Waals surface area (Å²) >= 11 is 0. The highest BCUT2D eigenvalue weighted by molar-refractivity contribution is 7.89. The molecule has 1 aromatic carbocycles. The van der Waals surface area contributed by atoms with Gasteiger partial charge in [-0.2, -0.15) is 4.31 Å². The van der Waals surface area contributed by atoms with Crippen molar-refractivity contribution in [1.82, 2.24) is 8.87 Å². The molecule has 0 bridgehead atoms. The molecule has 1 atom stereocenters. The number of aromatic nitrogens is 1. The van der Waals surface area contributed by atoms with E-state index in [0.717, 1.165) is 19.3 Å². The minimum Gasteiger partial charge on any atom is -0.444 e. The van der Waals surface area contributed by atoms with Gasteiger partial charge in [-0.3, -0.25) is 14.2 Å². The molecule has 8 nitrogen and oxygen atoms in total. The van der Waals surface area contributed by atoms with Crippen LogP contribution < -0.4 is 11.3 Å². The lowest BCUT2D eigenvalue weighted by molar-refractivity contribution is -0.147. The van der Waals surface area contributed by atoms with E-state index >= 15 is 0 Å². The highest BCUT2D eigenvalue weighted by Crippen LogP contribution is 2.26. The topological polar surface area (TPSA) is 112 Å². The van der Waals surface area contributed by atoms with Crippen molar-refractivity contribution < 1.29 is 17.9 Å². The number of esters is 1. The van der Waals surface area contributed by atoms with E-state index in [2.05, 4.69) is 0 Å². The number of sulfonamides is 1. The monoisotopic (exact) mass is 421 g/mol. The number of fused-ring (bicyclic) bond motifs is 1. The molecule has 2 aromatic rings. The van der Waals surface area contributed by atoms with Gasteiger partial charge in [-0.15, -0.1) is 0 Å². The van der Waals surface area contributed by atoms with Crippen molar-refractivity contribution in [3.8, 4) is 0 Å². The summed E-state index contributed by atoms with van der Waals surface area (Å²) in [4.78, 5) is 24.7. The van der Waals surface area contributed by atoms with Crippen molar-refractivity contribution in [2.45, 2.75) is 56.7 Å². The van der Waals surface area contributed by atoms with E-state index in [4.69, 9.17) is 10.5 Å². The van der Waals surface area contributed by atoms with Gasteiger partial charge in [-0.1, -0.05) is 25.8 Å². The van der Waals surface area contributed by atoms with Crippen molar-refractivity contribution in [3.63, 3.8) is 0 Å². The van der Waals surface area contributed by atoms with Crippen molar-refractivity contribution >= 4 is 26.8 Å². The number of hydrogen-bond donors (Lipinski definition) is 1. The number of nitrogens with two attached hydrogens (primary N) is 1. The molecule has 0 saturated carbocycles. The third kappa shape index (κ3) is 4.68. The first-order chi connectivity index (χ1) is 13.8. The van der Waals surface area contributed by atoms with E-state index in [1.165, 1.54) is 21.1 Å². The molecule has 0 unspecified atom stereocenters. The lowest BCUT2D eigenvalue weighted by atomic mass is 10.2. The second kappa shape index (κ2) is 9.06. The Morgan fingerprint density at radius 3 is 2.72 bits per heavy atom. The molecular formula is C20H27N3O5S. The second-order valence-corrected chi connectivity index (χ2v) is 9.23. The first kappa shape index (κ1) is 21.5. The van der Waals surface area contributed by atoms with Crippen LogP contribution in [-0.4, -0.2) is 42.4 Å². The van der Waals surface area contributed by atoms with E-state index < -0.39 is 15.6 Å². The van der Waals surface area contributed by atoms with Crippen LogP contribution in [0.5, 0.6) is 0 Å². The molecule has 3 rings (SSSR count). The summed E-state index contributed by atoms with van der Waals surface area (Å²) in [5.41, 5.74) is 5.45. The van der Waals surface area contributed by atoms with Crippen LogP contribution in [0.4, 0.5) is 0 Å². The molecule has 29 heavy (non-hydrogen) atoms. The minimum atomic E-state index is -3.75. The maximum Gasteiger partial charge on any atom is 0.307 e. The Hall–Kier alpha value is -2.23. The molecule has 1 fully saturated rings. The summed E-state index contributed by atoms with van der Waals surface area (Å²) < 4.78 is 33.8. The predicted molar refractivity (Wildman–Crippen MR) is 110 cm³/mol. The molecule has 1 aromatic heterocycles. The van der Waals surface area contributed by atoms with E-state index in [0.29, 0.717) is 24.8 Å². The Morgan fingerprint density at radius 2 is 2.03 bits per heavy atom. The second-order valence-electron chi connectivity index (χ2n) is 7.32. The SMILES string of the molecule is CCCCCC(=O)OCn1ccc2c(S(=O)(=O)N3CC[C@@H](N)C3)cccc2c1=O. The van der Waals surface area contributed by atoms with Gasteiger partial charge in [0.15, 0.2) is 6.73 Å². The van der Waals surface area contributed by atoms with Crippen LogP contribution in [-0.2, 0) is 26.3 Å². The largest absolute Gasteiger partial charge is 0.444 e. The first-order valence-electron chi connectivity index (χ1n) is 9.88. The third-order valence-electron chi connectivity index (χ3n) is 5.13. The van der Waals surface area contributed by atoms with Crippen LogP contribution in [0.2, 0.25) is 0 Å². The number of carbonyl (C=O) groups is 1. The van der Waals surface area contributed by atoms with Crippen molar-refractivity contribution in [3.05, 3.63) is 40.8 Å². The number of ether oxygens (including phenoxy) is 1. The number of hydrogen-bond acceptors (Lipinski definition) is 6. The average Bonchev–Trinajstić information content (AvgIpc) is 3.14. The average molecular weight is 422 g/mol. The van der Waals surface area contributed by atoms with Gasteiger partial charge in [0.2, 0.25) is 10.0 Å². The van der Waals surface area contributed by atoms with Gasteiger partial charge in [0.05, 0.1) is 4.90 Å².